The van der Waals surface area contributed by atoms with Crippen molar-refractivity contribution >= 4 is 47.0 Å². The Labute approximate surface area is 63.0 Å². The fraction of sp³-hybridized carbons (Fsp3) is 0. The zero-order valence-corrected chi connectivity index (χ0v) is 7.33. The fourth-order valence-corrected chi connectivity index (χ4v) is 0. The summed E-state index contributed by atoms with van der Waals surface area (Å²) in [6.07, 6.45) is 0. The van der Waals surface area contributed by atoms with Gasteiger partial charge in [0.15, 0.2) is 0 Å². The molecular formula is H2AgBrCl3. The van der Waals surface area contributed by atoms with Gasteiger partial charge in [0.1, 0.15) is 0 Å². The predicted molar refractivity (Wildman–Crippen MR) is 29.3 cm³/mol. The van der Waals surface area contributed by atoms with Gasteiger partial charge in [-0.3, -0.25) is 0 Å². The number of hydrogen-bond acceptors (Lipinski definition) is 0. The minimum atomic E-state index is 0. The van der Waals surface area contributed by atoms with E-state index >= 15 is 0 Å². The Morgan fingerprint density at radius 3 is 1.40 bits per heavy atom. The summed E-state index contributed by atoms with van der Waals surface area (Å²) in [7, 11) is 4.95. The van der Waals surface area contributed by atoms with Crippen molar-refractivity contribution in [3.8, 4) is 0 Å². The van der Waals surface area contributed by atoms with Crippen LogP contribution in [0.3, 0.4) is 0 Å². The molecule has 0 aliphatic rings. The second-order valence-corrected chi connectivity index (χ2v) is 3.97. The van der Waals surface area contributed by atoms with Gasteiger partial charge < -0.3 is 0 Å². The molecule has 5 heavy (non-hydrogen) atoms. The van der Waals surface area contributed by atoms with Crippen molar-refractivity contribution in [2.75, 3.05) is 0 Å². The first kappa shape index (κ1) is 15.7. The van der Waals surface area contributed by atoms with Crippen molar-refractivity contribution in [3.05, 3.63) is 0 Å². The zero-order valence-electron chi connectivity index (χ0n) is 1.87. The molecular weight excluding hydrogens is 294 g/mol. The van der Waals surface area contributed by atoms with Crippen LogP contribution in [0.2, 0.25) is 0 Å². The molecule has 0 aromatic carbocycles. The first-order valence-corrected chi connectivity index (χ1v) is 5.53. The van der Waals surface area contributed by atoms with Crippen LogP contribution in [0.25, 0.3) is 0 Å². The van der Waals surface area contributed by atoms with E-state index < -0.39 is 0 Å². The van der Waals surface area contributed by atoms with Gasteiger partial charge in [0, 0.05) is 0 Å². The fourth-order valence-electron chi connectivity index (χ4n) is 0. The summed E-state index contributed by atoms with van der Waals surface area (Å²) >= 11 is 3.30. The van der Waals surface area contributed by atoms with Crippen LogP contribution in [-0.4, -0.2) is 0 Å². The SMILES string of the molecule is Cl.Cl.[Cl][Ag][Br]. The average molecular weight is 296 g/mol. The van der Waals surface area contributed by atoms with E-state index in [1.54, 1.807) is 0 Å². The molecule has 0 aliphatic heterocycles. The first-order valence-electron chi connectivity index (χ1n) is 0.228. The van der Waals surface area contributed by atoms with Crippen LogP contribution in [-0.2, 0) is 16.5 Å². The molecule has 0 atom stereocenters. The van der Waals surface area contributed by atoms with Crippen molar-refractivity contribution in [1.29, 1.82) is 0 Å². The summed E-state index contributed by atoms with van der Waals surface area (Å²) in [5, 5.41) is 0. The third-order valence-corrected chi connectivity index (χ3v) is 0. The van der Waals surface area contributed by atoms with Gasteiger partial charge in [-0.1, -0.05) is 0 Å². The van der Waals surface area contributed by atoms with E-state index in [1.807, 2.05) is 0 Å². The maximum absolute atomic E-state index is 4.95. The maximum atomic E-state index is 4.95. The van der Waals surface area contributed by atoms with Crippen molar-refractivity contribution in [3.63, 3.8) is 0 Å². The second-order valence-electron chi connectivity index (χ2n) is 0.0431. The van der Waals surface area contributed by atoms with Gasteiger partial charge in [0.2, 0.25) is 0 Å². The van der Waals surface area contributed by atoms with Gasteiger partial charge in [0.05, 0.1) is 0 Å². The molecule has 0 amide bonds. The first-order chi connectivity index (χ1) is 1.41. The molecule has 0 aliphatic carbocycles. The second kappa shape index (κ2) is 16.5. The van der Waals surface area contributed by atoms with Crippen LogP contribution < -0.4 is 0 Å². The molecule has 0 N–H and O–H groups in total. The molecule has 0 heterocycles. The van der Waals surface area contributed by atoms with Crippen molar-refractivity contribution in [2.24, 2.45) is 0 Å². The summed E-state index contributed by atoms with van der Waals surface area (Å²) in [5.74, 6) is 0. The Morgan fingerprint density at radius 1 is 1.40 bits per heavy atom. The van der Waals surface area contributed by atoms with Gasteiger partial charge >= 0.3 is 38.8 Å². The molecule has 5 heteroatoms. The molecule has 0 unspecified atom stereocenters. The van der Waals surface area contributed by atoms with Crippen molar-refractivity contribution < 1.29 is 16.5 Å². The zero-order chi connectivity index (χ0) is 2.71. The Bertz CT molecular complexity index is 6.85. The Morgan fingerprint density at radius 2 is 1.40 bits per heavy atom. The van der Waals surface area contributed by atoms with Gasteiger partial charge in [0.25, 0.3) is 0 Å². The molecule has 0 radical (unpaired) electrons. The molecule has 0 saturated carbocycles. The molecule has 0 fully saturated rings. The van der Waals surface area contributed by atoms with Gasteiger partial charge in [-0.2, -0.15) is 0 Å². The van der Waals surface area contributed by atoms with Crippen LogP contribution in [0.5, 0.6) is 0 Å². The molecule has 41 valence electrons. The summed E-state index contributed by atoms with van der Waals surface area (Å²) in [6.45, 7) is 0. The third kappa shape index (κ3) is 23.3. The number of hydrogen-bond donors (Lipinski definition) is 0. The van der Waals surface area contributed by atoms with Crippen LogP contribution in [0, 0.1) is 0 Å². The van der Waals surface area contributed by atoms with E-state index in [-0.39, 0.29) is 24.8 Å². The van der Waals surface area contributed by atoms with E-state index in [0.717, 1.165) is 0 Å². The monoisotopic (exact) mass is 293 g/mol. The van der Waals surface area contributed by atoms with E-state index in [9.17, 15) is 0 Å². The number of rotatable bonds is 0. The third-order valence-electron chi connectivity index (χ3n) is 0. The molecule has 0 saturated heterocycles. The standard InChI is InChI=1S/Ag.BrH.3ClH/h;4*1H/q+2;;;;/p-2. The Hall–Kier alpha value is 2.09. The van der Waals surface area contributed by atoms with Crippen LogP contribution >= 0.6 is 47.0 Å². The Kier molecular flexibility index (Phi) is 52.0. The van der Waals surface area contributed by atoms with E-state index in [2.05, 4.69) is 13.0 Å². The molecule has 0 rings (SSSR count). The van der Waals surface area contributed by atoms with Gasteiger partial charge in [-0.25, -0.2) is 0 Å². The van der Waals surface area contributed by atoms with Gasteiger partial charge in [-0.15, -0.1) is 24.8 Å². The van der Waals surface area contributed by atoms with Crippen molar-refractivity contribution in [2.45, 2.75) is 0 Å². The van der Waals surface area contributed by atoms with Crippen molar-refractivity contribution in [1.82, 2.24) is 0 Å². The minimum absolute atomic E-state index is 0. The van der Waals surface area contributed by atoms with E-state index in [0.29, 0.717) is 16.5 Å². The molecule has 0 aromatic rings. The number of halogens is 4. The van der Waals surface area contributed by atoms with E-state index in [4.69, 9.17) is 9.19 Å². The summed E-state index contributed by atoms with van der Waals surface area (Å²) in [5.41, 5.74) is 0. The molecule has 0 spiro atoms. The van der Waals surface area contributed by atoms with Gasteiger partial charge in [-0.05, 0) is 0 Å². The Balaban J connectivity index is -0.0000000200. The summed E-state index contributed by atoms with van der Waals surface area (Å²) in [4.78, 5) is 0. The van der Waals surface area contributed by atoms with Crippen LogP contribution in [0.4, 0.5) is 0 Å². The topological polar surface area (TPSA) is 0 Å². The normalized spacial score (nSPS) is 4.40. The molecule has 0 nitrogen and oxygen atoms in total. The van der Waals surface area contributed by atoms with Crippen LogP contribution in [0.15, 0.2) is 0 Å². The van der Waals surface area contributed by atoms with Crippen LogP contribution in [0.1, 0.15) is 0 Å². The quantitative estimate of drug-likeness (QED) is 0.602. The molecule has 0 aromatic heterocycles. The van der Waals surface area contributed by atoms with E-state index in [1.165, 1.54) is 0 Å². The average Bonchev–Trinajstić information content (AvgIpc) is 0.918. The molecule has 0 bridgehead atoms. The predicted octanol–water partition coefficient (Wildman–Crippen LogP) is 2.38. The summed E-state index contributed by atoms with van der Waals surface area (Å²) < 4.78 is 0. The summed E-state index contributed by atoms with van der Waals surface area (Å²) in [6, 6.07) is 0.